The minimum absolute atomic E-state index is 0.00334. The van der Waals surface area contributed by atoms with E-state index in [4.69, 9.17) is 0 Å². The van der Waals surface area contributed by atoms with Crippen LogP contribution >= 0.6 is 11.3 Å². The van der Waals surface area contributed by atoms with Crippen molar-refractivity contribution in [3.05, 3.63) is 40.3 Å². The van der Waals surface area contributed by atoms with Crippen molar-refractivity contribution in [1.82, 2.24) is 20.0 Å². The summed E-state index contributed by atoms with van der Waals surface area (Å²) in [5.41, 5.74) is 1.95. The van der Waals surface area contributed by atoms with Crippen molar-refractivity contribution in [3.8, 4) is 0 Å². The highest BCUT2D eigenvalue weighted by atomic mass is 32.2. The molecule has 0 radical (unpaired) electrons. The lowest BCUT2D eigenvalue weighted by atomic mass is 10.1. The number of aromatic nitrogens is 2. The maximum Gasteiger partial charge on any atom is 0.317 e. The topological polar surface area (TPSA) is 84.3 Å². The third-order valence-electron chi connectivity index (χ3n) is 4.32. The van der Waals surface area contributed by atoms with E-state index in [2.05, 4.69) is 15.8 Å². The average Bonchev–Trinajstić information content (AvgIpc) is 3.25. The first kappa shape index (κ1) is 17.9. The normalized spacial score (nSPS) is 19.7. The first-order valence-corrected chi connectivity index (χ1v) is 11.0. The van der Waals surface area contributed by atoms with Crippen molar-refractivity contribution in [1.29, 1.82) is 0 Å². The Morgan fingerprint density at radius 2 is 2.32 bits per heavy atom. The molecule has 1 fully saturated rings. The Kier molecular flexibility index (Phi) is 5.43. The molecule has 2 aromatic rings. The van der Waals surface area contributed by atoms with Gasteiger partial charge in [-0.25, -0.2) is 13.2 Å². The number of hydrogen-bond donors (Lipinski definition) is 1. The molecule has 0 aliphatic carbocycles. The van der Waals surface area contributed by atoms with Crippen molar-refractivity contribution in [2.75, 3.05) is 24.6 Å². The van der Waals surface area contributed by atoms with Gasteiger partial charge < -0.3 is 10.2 Å². The molecule has 136 valence electrons. The molecule has 3 rings (SSSR count). The van der Waals surface area contributed by atoms with Crippen molar-refractivity contribution in [2.24, 2.45) is 0 Å². The molecule has 1 saturated heterocycles. The van der Waals surface area contributed by atoms with E-state index in [1.54, 1.807) is 27.1 Å². The third kappa shape index (κ3) is 4.40. The molecule has 0 saturated carbocycles. The van der Waals surface area contributed by atoms with E-state index in [9.17, 15) is 13.2 Å². The summed E-state index contributed by atoms with van der Waals surface area (Å²) in [6.45, 7) is 3.39. The molecule has 25 heavy (non-hydrogen) atoms. The summed E-state index contributed by atoms with van der Waals surface area (Å²) < 4.78 is 25.9. The van der Waals surface area contributed by atoms with Crippen LogP contribution in [0.3, 0.4) is 0 Å². The van der Waals surface area contributed by atoms with Crippen molar-refractivity contribution < 1.29 is 13.2 Å². The van der Waals surface area contributed by atoms with Gasteiger partial charge in [0.05, 0.1) is 23.7 Å². The smallest absolute Gasteiger partial charge is 0.317 e. The minimum Gasteiger partial charge on any atom is -0.338 e. The fourth-order valence-corrected chi connectivity index (χ4v) is 5.10. The quantitative estimate of drug-likeness (QED) is 0.853. The van der Waals surface area contributed by atoms with E-state index in [1.807, 2.05) is 24.6 Å². The number of carbonyl (C=O) groups is 1. The molecule has 1 N–H and O–H groups in total. The summed E-state index contributed by atoms with van der Waals surface area (Å²) in [6, 6.07) is 1.33. The number of amides is 2. The molecule has 0 bridgehead atoms. The van der Waals surface area contributed by atoms with Crippen LogP contribution in [0.5, 0.6) is 0 Å². The van der Waals surface area contributed by atoms with Crippen LogP contribution in [-0.2, 0) is 22.8 Å². The maximum absolute atomic E-state index is 12.6. The highest BCUT2D eigenvalue weighted by Gasteiger charge is 2.35. The molecule has 2 amide bonds. The summed E-state index contributed by atoms with van der Waals surface area (Å²) in [4.78, 5) is 14.2. The van der Waals surface area contributed by atoms with Crippen molar-refractivity contribution >= 4 is 27.2 Å². The standard InChI is InChI=1S/C16H22N4O3S2/c1-2-19-10-14(9-18-19)15-12-25(22,23)8-6-20(15)16(21)17-5-3-13-4-7-24-11-13/h4,7,9-11,15H,2-3,5-6,8,12H2,1H3,(H,17,21)/t15-/m1/s1. The van der Waals surface area contributed by atoms with Gasteiger partial charge in [-0.1, -0.05) is 0 Å². The van der Waals surface area contributed by atoms with E-state index >= 15 is 0 Å². The SMILES string of the molecule is CCn1cc([C@H]2CS(=O)(=O)CCN2C(=O)NCCc2ccsc2)cn1. The van der Waals surface area contributed by atoms with Gasteiger partial charge in [0.25, 0.3) is 0 Å². The summed E-state index contributed by atoms with van der Waals surface area (Å²) in [5, 5.41) is 11.2. The molecule has 0 unspecified atom stereocenters. The van der Waals surface area contributed by atoms with E-state index in [-0.39, 0.29) is 24.1 Å². The number of rotatable bonds is 5. The van der Waals surface area contributed by atoms with Crippen molar-refractivity contribution in [2.45, 2.75) is 25.9 Å². The fourth-order valence-electron chi connectivity index (χ4n) is 2.90. The number of carbonyl (C=O) groups excluding carboxylic acids is 1. The van der Waals surface area contributed by atoms with Gasteiger partial charge in [0.15, 0.2) is 9.84 Å². The Morgan fingerprint density at radius 3 is 3.00 bits per heavy atom. The molecule has 7 nitrogen and oxygen atoms in total. The number of aryl methyl sites for hydroxylation is 1. The number of nitrogens with zero attached hydrogens (tertiary/aromatic N) is 3. The molecule has 1 aliphatic heterocycles. The van der Waals surface area contributed by atoms with Crippen LogP contribution in [0.25, 0.3) is 0 Å². The maximum atomic E-state index is 12.6. The van der Waals surface area contributed by atoms with Gasteiger partial charge in [0.2, 0.25) is 0 Å². The monoisotopic (exact) mass is 382 g/mol. The predicted octanol–water partition coefficient (Wildman–Crippen LogP) is 1.69. The molecule has 1 aliphatic rings. The third-order valence-corrected chi connectivity index (χ3v) is 6.68. The molecular weight excluding hydrogens is 360 g/mol. The molecular formula is C16H22N4O3S2. The molecule has 0 aromatic carbocycles. The lowest BCUT2D eigenvalue weighted by Crippen LogP contribution is -2.50. The van der Waals surface area contributed by atoms with Gasteiger partial charge in [-0.05, 0) is 35.7 Å². The summed E-state index contributed by atoms with van der Waals surface area (Å²) in [7, 11) is -3.16. The van der Waals surface area contributed by atoms with Gasteiger partial charge >= 0.3 is 6.03 Å². The van der Waals surface area contributed by atoms with Crippen LogP contribution in [-0.4, -0.2) is 53.7 Å². The lowest BCUT2D eigenvalue weighted by molar-refractivity contribution is 0.181. The average molecular weight is 383 g/mol. The van der Waals surface area contributed by atoms with Crippen LogP contribution in [0.15, 0.2) is 29.2 Å². The van der Waals surface area contributed by atoms with E-state index in [0.717, 1.165) is 12.0 Å². The molecule has 0 spiro atoms. The Labute approximate surface area is 151 Å². The van der Waals surface area contributed by atoms with Crippen LogP contribution in [0, 0.1) is 0 Å². The van der Waals surface area contributed by atoms with Gasteiger partial charge in [-0.2, -0.15) is 16.4 Å². The first-order valence-electron chi connectivity index (χ1n) is 8.27. The number of nitrogens with one attached hydrogen (secondary N) is 1. The second-order valence-electron chi connectivity index (χ2n) is 6.07. The van der Waals surface area contributed by atoms with Gasteiger partial charge in [-0.3, -0.25) is 4.68 Å². The van der Waals surface area contributed by atoms with Gasteiger partial charge in [-0.15, -0.1) is 0 Å². The number of thiophene rings is 1. The molecule has 2 aromatic heterocycles. The van der Waals surface area contributed by atoms with E-state index in [1.165, 1.54) is 5.56 Å². The van der Waals surface area contributed by atoms with Gasteiger partial charge in [0.1, 0.15) is 0 Å². The first-order chi connectivity index (χ1) is 12.0. The number of urea groups is 1. The summed E-state index contributed by atoms with van der Waals surface area (Å²) >= 11 is 1.63. The Bertz CT molecular complexity index is 814. The largest absolute Gasteiger partial charge is 0.338 e. The van der Waals surface area contributed by atoms with Crippen LogP contribution in [0.1, 0.15) is 24.1 Å². The number of hydrogen-bond acceptors (Lipinski definition) is 5. The highest BCUT2D eigenvalue weighted by Crippen LogP contribution is 2.26. The van der Waals surface area contributed by atoms with E-state index in [0.29, 0.717) is 13.1 Å². The zero-order chi connectivity index (χ0) is 17.9. The van der Waals surface area contributed by atoms with Crippen molar-refractivity contribution in [3.63, 3.8) is 0 Å². The Balaban J connectivity index is 1.69. The molecule has 3 heterocycles. The van der Waals surface area contributed by atoms with E-state index < -0.39 is 15.9 Å². The van der Waals surface area contributed by atoms with Crippen LogP contribution in [0.4, 0.5) is 4.79 Å². The number of sulfone groups is 1. The second kappa shape index (κ2) is 7.57. The lowest BCUT2D eigenvalue weighted by Gasteiger charge is -2.35. The zero-order valence-corrected chi connectivity index (χ0v) is 15.7. The van der Waals surface area contributed by atoms with Crippen LogP contribution in [0.2, 0.25) is 0 Å². The zero-order valence-electron chi connectivity index (χ0n) is 14.1. The summed E-state index contributed by atoms with van der Waals surface area (Å²) in [5.74, 6) is -0.0519. The fraction of sp³-hybridized carbons (Fsp3) is 0.500. The molecule has 1 atom stereocenters. The van der Waals surface area contributed by atoms with Crippen LogP contribution < -0.4 is 5.32 Å². The van der Waals surface area contributed by atoms with Gasteiger partial charge in [0, 0.05) is 31.4 Å². The minimum atomic E-state index is -3.16. The summed E-state index contributed by atoms with van der Waals surface area (Å²) in [6.07, 6.45) is 4.23. The Morgan fingerprint density at radius 1 is 1.48 bits per heavy atom. The Hall–Kier alpha value is -1.87. The highest BCUT2D eigenvalue weighted by molar-refractivity contribution is 7.91. The molecule has 9 heteroatoms. The predicted molar refractivity (Wildman–Crippen MR) is 97.4 cm³/mol. The second-order valence-corrected chi connectivity index (χ2v) is 9.08.